The van der Waals surface area contributed by atoms with Crippen molar-refractivity contribution >= 4 is 84.5 Å². The van der Waals surface area contributed by atoms with Gasteiger partial charge in [-0.1, -0.05) is 28.1 Å². The van der Waals surface area contributed by atoms with Crippen LogP contribution in [0.5, 0.6) is 5.75 Å². The molecule has 36 heavy (non-hydrogen) atoms. The first kappa shape index (κ1) is 27.0. The zero-order chi connectivity index (χ0) is 26.3. The van der Waals surface area contributed by atoms with E-state index in [1.54, 1.807) is 6.07 Å². The first-order valence-corrected chi connectivity index (χ1v) is 12.9. The van der Waals surface area contributed by atoms with E-state index in [-0.39, 0.29) is 22.9 Å². The van der Waals surface area contributed by atoms with Crippen LogP contribution >= 0.6 is 61.1 Å². The molecule has 1 heterocycles. The lowest BCUT2D eigenvalue weighted by Crippen LogP contribution is -2.25. The van der Waals surface area contributed by atoms with Crippen LogP contribution in [-0.4, -0.2) is 11.6 Å². The van der Waals surface area contributed by atoms with Gasteiger partial charge in [0, 0.05) is 13.6 Å². The van der Waals surface area contributed by atoms with Gasteiger partial charge in [-0.3, -0.25) is 4.79 Å². The van der Waals surface area contributed by atoms with Crippen LogP contribution in [0, 0.1) is 36.2 Å². The number of carbonyl (C=O) groups is 1. The molecule has 1 aliphatic heterocycles. The van der Waals surface area contributed by atoms with Gasteiger partial charge in [0.05, 0.1) is 14.9 Å². The van der Waals surface area contributed by atoms with Gasteiger partial charge in [0.15, 0.2) is 23.3 Å². The normalized spacial score (nSPS) is 14.6. The fourth-order valence-corrected chi connectivity index (χ4v) is 5.66. The summed E-state index contributed by atoms with van der Waals surface area (Å²) in [6.07, 6.45) is 1.41. The minimum atomic E-state index is -2.32. The predicted molar refractivity (Wildman–Crippen MR) is 145 cm³/mol. The third-order valence-electron chi connectivity index (χ3n) is 5.09. The van der Waals surface area contributed by atoms with Crippen LogP contribution in [0.25, 0.3) is 6.08 Å². The van der Waals surface area contributed by atoms with Crippen molar-refractivity contribution in [3.05, 3.63) is 93.8 Å². The number of carbonyl (C=O) groups excluding carboxylic acids is 1. The number of nitrogens with zero attached hydrogens (tertiary/aromatic N) is 2. The Morgan fingerprint density at radius 2 is 1.56 bits per heavy atom. The number of benzene rings is 3. The molecule has 186 valence electrons. The van der Waals surface area contributed by atoms with Gasteiger partial charge in [-0.2, -0.15) is 10.1 Å². The molecular weight excluding hydrogens is 777 g/mol. The lowest BCUT2D eigenvalue weighted by molar-refractivity contribution is -0.114. The summed E-state index contributed by atoms with van der Waals surface area (Å²) >= 11 is 7.53. The monoisotopic (exact) mass is 788 g/mol. The number of anilines is 1. The molecule has 0 saturated heterocycles. The summed E-state index contributed by atoms with van der Waals surface area (Å²) in [6, 6.07) is 11.1. The fourth-order valence-electron chi connectivity index (χ4n) is 3.35. The summed E-state index contributed by atoms with van der Waals surface area (Å²) in [5.74, 6) is -11.6. The molecule has 3 aromatic carbocycles. The topological polar surface area (TPSA) is 41.9 Å². The molecule has 0 aliphatic carbocycles. The van der Waals surface area contributed by atoms with Gasteiger partial charge in [0.25, 0.3) is 5.91 Å². The first-order chi connectivity index (χ1) is 17.0. The van der Waals surface area contributed by atoms with Crippen LogP contribution in [0.2, 0.25) is 0 Å². The fraction of sp³-hybridized carbons (Fsp3) is 0.0833. The van der Waals surface area contributed by atoms with Crippen molar-refractivity contribution in [2.24, 2.45) is 5.10 Å². The third-order valence-corrected chi connectivity index (χ3v) is 7.05. The lowest BCUT2D eigenvalue weighted by Gasteiger charge is -2.15. The first-order valence-electron chi connectivity index (χ1n) is 9.99. The quantitative estimate of drug-likeness (QED) is 0.0874. The molecular formula is C24H12BrF5I2N2O2. The van der Waals surface area contributed by atoms with Crippen molar-refractivity contribution in [2.45, 2.75) is 13.5 Å². The lowest BCUT2D eigenvalue weighted by atomic mass is 10.1. The van der Waals surface area contributed by atoms with Gasteiger partial charge in [-0.25, -0.2) is 22.0 Å². The standard InChI is InChI=1S/C24H12BrF5I2N2O2/c1-10-15(24(35)34(33-10)22-20(29)18(27)17(26)19(28)21(22)30)7-12-6-14(31)8-16(32)23(12)36-9-11-2-4-13(25)5-3-11/h2-8H,9H2,1H3/b15-7-. The number of ether oxygens (including phenoxy) is 1. The Morgan fingerprint density at radius 3 is 2.17 bits per heavy atom. The molecule has 4 rings (SSSR count). The summed E-state index contributed by atoms with van der Waals surface area (Å²) < 4.78 is 78.1. The summed E-state index contributed by atoms with van der Waals surface area (Å²) in [5, 5.41) is 3.95. The van der Waals surface area contributed by atoms with Gasteiger partial charge in [0.1, 0.15) is 18.0 Å². The highest BCUT2D eigenvalue weighted by Gasteiger charge is 2.37. The zero-order valence-electron chi connectivity index (χ0n) is 18.0. The summed E-state index contributed by atoms with van der Waals surface area (Å²) in [7, 11) is 0. The van der Waals surface area contributed by atoms with E-state index in [1.807, 2.05) is 30.3 Å². The Morgan fingerprint density at radius 1 is 0.972 bits per heavy atom. The molecule has 0 unspecified atom stereocenters. The number of rotatable bonds is 5. The molecule has 1 amide bonds. The Hall–Kier alpha value is -2.07. The highest BCUT2D eigenvalue weighted by molar-refractivity contribution is 14.1. The molecule has 0 spiro atoms. The average molecular weight is 789 g/mol. The molecule has 4 nitrogen and oxygen atoms in total. The van der Waals surface area contributed by atoms with Crippen molar-refractivity contribution < 1.29 is 31.5 Å². The number of hydrogen-bond donors (Lipinski definition) is 0. The third kappa shape index (κ3) is 5.16. The van der Waals surface area contributed by atoms with Gasteiger partial charge in [-0.05, 0) is 88.0 Å². The molecule has 3 aromatic rings. The van der Waals surface area contributed by atoms with E-state index < -0.39 is 40.7 Å². The van der Waals surface area contributed by atoms with Gasteiger partial charge in [0.2, 0.25) is 5.82 Å². The van der Waals surface area contributed by atoms with Gasteiger partial charge in [-0.15, -0.1) is 0 Å². The molecule has 0 bridgehead atoms. The second-order valence-electron chi connectivity index (χ2n) is 7.50. The number of halogens is 8. The van der Waals surface area contributed by atoms with Crippen LogP contribution in [0.15, 0.2) is 51.5 Å². The number of hydrogen-bond acceptors (Lipinski definition) is 3. The molecule has 0 aromatic heterocycles. The van der Waals surface area contributed by atoms with E-state index in [1.165, 1.54) is 13.0 Å². The van der Waals surface area contributed by atoms with Crippen LogP contribution in [0.1, 0.15) is 18.1 Å². The summed E-state index contributed by atoms with van der Waals surface area (Å²) in [6.45, 7) is 1.61. The largest absolute Gasteiger partial charge is 0.487 e. The summed E-state index contributed by atoms with van der Waals surface area (Å²) in [4.78, 5) is 13.0. The Kier molecular flexibility index (Phi) is 8.04. The van der Waals surface area contributed by atoms with E-state index in [2.05, 4.69) is 66.2 Å². The smallest absolute Gasteiger partial charge is 0.280 e. The maximum absolute atomic E-state index is 14.3. The van der Waals surface area contributed by atoms with Crippen molar-refractivity contribution in [3.8, 4) is 5.75 Å². The minimum Gasteiger partial charge on any atom is -0.487 e. The second-order valence-corrected chi connectivity index (χ2v) is 10.8. The molecule has 0 atom stereocenters. The van der Waals surface area contributed by atoms with Crippen molar-refractivity contribution in [1.82, 2.24) is 0 Å². The van der Waals surface area contributed by atoms with Crippen LogP contribution < -0.4 is 9.75 Å². The van der Waals surface area contributed by atoms with Crippen molar-refractivity contribution in [2.75, 3.05) is 5.01 Å². The highest BCUT2D eigenvalue weighted by Crippen LogP contribution is 2.36. The highest BCUT2D eigenvalue weighted by atomic mass is 127. The average Bonchev–Trinajstić information content (AvgIpc) is 3.10. The van der Waals surface area contributed by atoms with E-state index in [4.69, 9.17) is 4.74 Å². The van der Waals surface area contributed by atoms with Gasteiger partial charge < -0.3 is 4.74 Å². The Bertz CT molecular complexity index is 1430. The van der Waals surface area contributed by atoms with Gasteiger partial charge >= 0.3 is 0 Å². The van der Waals surface area contributed by atoms with E-state index >= 15 is 0 Å². The zero-order valence-corrected chi connectivity index (χ0v) is 23.9. The molecule has 0 saturated carbocycles. The van der Waals surface area contributed by atoms with E-state index in [0.29, 0.717) is 11.3 Å². The number of amides is 1. The predicted octanol–water partition coefficient (Wildman–Crippen LogP) is 7.74. The van der Waals surface area contributed by atoms with Crippen molar-refractivity contribution in [3.63, 3.8) is 0 Å². The van der Waals surface area contributed by atoms with E-state index in [0.717, 1.165) is 17.2 Å². The van der Waals surface area contributed by atoms with Crippen LogP contribution in [-0.2, 0) is 11.4 Å². The van der Waals surface area contributed by atoms with Crippen LogP contribution in [0.3, 0.4) is 0 Å². The summed E-state index contributed by atoms with van der Waals surface area (Å²) in [5.41, 5.74) is -0.149. The van der Waals surface area contributed by atoms with E-state index in [9.17, 15) is 26.7 Å². The Labute approximate surface area is 237 Å². The molecule has 0 N–H and O–H groups in total. The maximum Gasteiger partial charge on any atom is 0.280 e. The SMILES string of the molecule is CC1=NN(c2c(F)c(F)c(F)c(F)c2F)C(=O)/C1=C\c1cc(I)cc(I)c1OCc1ccc(Br)cc1. The van der Waals surface area contributed by atoms with Crippen LogP contribution in [0.4, 0.5) is 27.6 Å². The van der Waals surface area contributed by atoms with Crippen molar-refractivity contribution in [1.29, 1.82) is 0 Å². The second kappa shape index (κ2) is 10.7. The minimum absolute atomic E-state index is 0.0247. The molecule has 0 fully saturated rings. The molecule has 12 heteroatoms. The molecule has 1 aliphatic rings. The Balaban J connectivity index is 1.73. The maximum atomic E-state index is 14.3. The molecule has 0 radical (unpaired) electrons. The number of hydrazone groups is 1.